The van der Waals surface area contributed by atoms with E-state index >= 15 is 0 Å². The van der Waals surface area contributed by atoms with Crippen LogP contribution in [-0.4, -0.2) is 4.98 Å². The molecule has 102 valence electrons. The van der Waals surface area contributed by atoms with Gasteiger partial charge in [-0.15, -0.1) is 11.3 Å². The highest BCUT2D eigenvalue weighted by Gasteiger charge is 2.14. The first-order valence-electron chi connectivity index (χ1n) is 6.25. The third kappa shape index (κ3) is 2.62. The molecule has 0 fully saturated rings. The zero-order chi connectivity index (χ0) is 14.1. The summed E-state index contributed by atoms with van der Waals surface area (Å²) in [6.45, 7) is 2.00. The summed E-state index contributed by atoms with van der Waals surface area (Å²) in [4.78, 5) is 4.52. The normalized spacial score (nSPS) is 12.8. The zero-order valence-electron chi connectivity index (χ0n) is 10.9. The third-order valence-electron chi connectivity index (χ3n) is 3.27. The van der Waals surface area contributed by atoms with Crippen LogP contribution in [0.1, 0.15) is 22.9 Å². The zero-order valence-corrected chi connectivity index (χ0v) is 13.3. The lowest BCUT2D eigenvalue weighted by molar-refractivity contribution is 0.639. The van der Waals surface area contributed by atoms with Gasteiger partial charge in [-0.1, -0.05) is 12.1 Å². The molecule has 3 nitrogen and oxygen atoms in total. The standard InChI is InChI=1S/C15H14BrN3S/c1-9-2-3-10-6-11(4-5-13(10)18-9)15(19-17)12-7-14(16)20-8-12/h2-8,15,19H,17H2,1H3. The van der Waals surface area contributed by atoms with Gasteiger partial charge in [0.25, 0.3) is 0 Å². The van der Waals surface area contributed by atoms with Gasteiger partial charge >= 0.3 is 0 Å². The molecule has 0 radical (unpaired) electrons. The van der Waals surface area contributed by atoms with E-state index in [2.05, 4.69) is 56.0 Å². The van der Waals surface area contributed by atoms with Crippen molar-refractivity contribution in [1.29, 1.82) is 0 Å². The summed E-state index contributed by atoms with van der Waals surface area (Å²) in [7, 11) is 0. The van der Waals surface area contributed by atoms with Crippen molar-refractivity contribution in [3.05, 3.63) is 62.4 Å². The molecule has 0 spiro atoms. The molecule has 3 N–H and O–H groups in total. The minimum absolute atomic E-state index is 0.0109. The average Bonchev–Trinajstić information content (AvgIpc) is 2.86. The number of hydrazine groups is 1. The predicted octanol–water partition coefficient (Wildman–Crippen LogP) is 3.92. The molecular formula is C15H14BrN3S. The number of aryl methyl sites for hydroxylation is 1. The fourth-order valence-electron chi connectivity index (χ4n) is 2.29. The highest BCUT2D eigenvalue weighted by atomic mass is 79.9. The maximum absolute atomic E-state index is 5.74. The number of nitrogens with two attached hydrogens (primary N) is 1. The Morgan fingerprint density at radius 1 is 1.20 bits per heavy atom. The summed E-state index contributed by atoms with van der Waals surface area (Å²) in [5.41, 5.74) is 7.22. The highest BCUT2D eigenvalue weighted by Crippen LogP contribution is 2.30. The smallest absolute Gasteiger partial charge is 0.0718 e. The summed E-state index contributed by atoms with van der Waals surface area (Å²) < 4.78 is 1.10. The SMILES string of the molecule is Cc1ccc2cc(C(NN)c3csc(Br)c3)ccc2n1. The van der Waals surface area contributed by atoms with Gasteiger partial charge in [-0.25, -0.2) is 5.43 Å². The molecule has 0 saturated heterocycles. The van der Waals surface area contributed by atoms with E-state index in [1.54, 1.807) is 11.3 Å². The molecule has 1 aromatic carbocycles. The Labute approximate surface area is 129 Å². The number of hydrogen-bond acceptors (Lipinski definition) is 4. The second-order valence-corrected chi connectivity index (χ2v) is 6.98. The quantitative estimate of drug-likeness (QED) is 0.557. The number of rotatable bonds is 3. The fraction of sp³-hybridized carbons (Fsp3) is 0.133. The number of halogens is 1. The number of nitrogens with one attached hydrogen (secondary N) is 1. The molecule has 2 heterocycles. The van der Waals surface area contributed by atoms with Gasteiger partial charge in [0, 0.05) is 11.1 Å². The van der Waals surface area contributed by atoms with E-state index in [1.807, 2.05) is 19.1 Å². The molecule has 0 bridgehead atoms. The molecule has 3 rings (SSSR count). The number of thiophene rings is 1. The Morgan fingerprint density at radius 3 is 2.75 bits per heavy atom. The molecule has 2 aromatic heterocycles. The Hall–Kier alpha value is -1.27. The molecule has 0 aliphatic carbocycles. The van der Waals surface area contributed by atoms with Gasteiger partial charge in [0.1, 0.15) is 0 Å². The van der Waals surface area contributed by atoms with Gasteiger partial charge < -0.3 is 0 Å². The van der Waals surface area contributed by atoms with Crippen LogP contribution in [0.15, 0.2) is 45.6 Å². The van der Waals surface area contributed by atoms with Gasteiger partial charge in [0.15, 0.2) is 0 Å². The highest BCUT2D eigenvalue weighted by molar-refractivity contribution is 9.11. The number of nitrogens with zero attached hydrogens (tertiary/aromatic N) is 1. The molecule has 0 amide bonds. The molecule has 0 aliphatic rings. The first kappa shape index (κ1) is 13.7. The van der Waals surface area contributed by atoms with Gasteiger partial charge in [-0.05, 0) is 63.6 Å². The second-order valence-electron chi connectivity index (χ2n) is 4.69. The average molecular weight is 348 g/mol. The van der Waals surface area contributed by atoms with Crippen LogP contribution in [0, 0.1) is 6.92 Å². The number of fused-ring (bicyclic) bond motifs is 1. The topological polar surface area (TPSA) is 50.9 Å². The van der Waals surface area contributed by atoms with Crippen molar-refractivity contribution in [1.82, 2.24) is 10.4 Å². The first-order chi connectivity index (χ1) is 9.67. The van der Waals surface area contributed by atoms with E-state index in [0.29, 0.717) is 0 Å². The number of aromatic nitrogens is 1. The van der Waals surface area contributed by atoms with Gasteiger partial charge in [-0.3, -0.25) is 10.8 Å². The predicted molar refractivity (Wildman–Crippen MR) is 87.7 cm³/mol. The maximum atomic E-state index is 5.74. The van der Waals surface area contributed by atoms with Crippen LogP contribution in [-0.2, 0) is 0 Å². The Balaban J connectivity index is 2.05. The van der Waals surface area contributed by atoms with Crippen LogP contribution in [0.2, 0.25) is 0 Å². The van der Waals surface area contributed by atoms with Crippen molar-refractivity contribution in [3.63, 3.8) is 0 Å². The number of hydrogen-bond donors (Lipinski definition) is 2. The molecule has 5 heteroatoms. The van der Waals surface area contributed by atoms with Crippen LogP contribution in [0.5, 0.6) is 0 Å². The Morgan fingerprint density at radius 2 is 2.05 bits per heavy atom. The lowest BCUT2D eigenvalue weighted by Gasteiger charge is -2.15. The molecule has 1 unspecified atom stereocenters. The van der Waals surface area contributed by atoms with Crippen molar-refractivity contribution in [2.75, 3.05) is 0 Å². The minimum atomic E-state index is -0.0109. The first-order valence-corrected chi connectivity index (χ1v) is 7.92. The van der Waals surface area contributed by atoms with Crippen LogP contribution in [0.4, 0.5) is 0 Å². The summed E-state index contributed by atoms with van der Waals surface area (Å²) in [6, 6.07) is 12.5. The van der Waals surface area contributed by atoms with E-state index in [4.69, 9.17) is 5.84 Å². The van der Waals surface area contributed by atoms with Crippen molar-refractivity contribution >= 4 is 38.2 Å². The van der Waals surface area contributed by atoms with E-state index in [-0.39, 0.29) is 6.04 Å². The Bertz CT molecular complexity index is 754. The van der Waals surface area contributed by atoms with E-state index in [9.17, 15) is 0 Å². The van der Waals surface area contributed by atoms with Crippen LogP contribution in [0.25, 0.3) is 10.9 Å². The maximum Gasteiger partial charge on any atom is 0.0718 e. The molecular weight excluding hydrogens is 334 g/mol. The molecule has 0 saturated carbocycles. The number of benzene rings is 1. The summed E-state index contributed by atoms with van der Waals surface area (Å²) in [6.07, 6.45) is 0. The van der Waals surface area contributed by atoms with Crippen LogP contribution < -0.4 is 11.3 Å². The number of pyridine rings is 1. The van der Waals surface area contributed by atoms with E-state index in [1.165, 1.54) is 0 Å². The van der Waals surface area contributed by atoms with Crippen molar-refractivity contribution in [2.24, 2.45) is 5.84 Å². The minimum Gasteiger partial charge on any atom is -0.271 e. The monoisotopic (exact) mass is 347 g/mol. The molecule has 1 atom stereocenters. The largest absolute Gasteiger partial charge is 0.271 e. The van der Waals surface area contributed by atoms with Gasteiger partial charge in [0.05, 0.1) is 15.3 Å². The summed E-state index contributed by atoms with van der Waals surface area (Å²) in [5, 5.41) is 3.23. The van der Waals surface area contributed by atoms with E-state index < -0.39 is 0 Å². The van der Waals surface area contributed by atoms with Gasteiger partial charge in [0.2, 0.25) is 0 Å². The Kier molecular flexibility index (Phi) is 3.85. The van der Waals surface area contributed by atoms with E-state index in [0.717, 1.165) is 31.5 Å². The van der Waals surface area contributed by atoms with Crippen molar-refractivity contribution < 1.29 is 0 Å². The molecule has 20 heavy (non-hydrogen) atoms. The van der Waals surface area contributed by atoms with Crippen LogP contribution in [0.3, 0.4) is 0 Å². The molecule has 0 aliphatic heterocycles. The summed E-state index contributed by atoms with van der Waals surface area (Å²) >= 11 is 5.15. The van der Waals surface area contributed by atoms with Crippen molar-refractivity contribution in [3.8, 4) is 0 Å². The lowest BCUT2D eigenvalue weighted by atomic mass is 10.00. The molecule has 3 aromatic rings. The second kappa shape index (κ2) is 5.61. The van der Waals surface area contributed by atoms with Crippen LogP contribution >= 0.6 is 27.3 Å². The third-order valence-corrected chi connectivity index (χ3v) is 4.80. The fourth-order valence-corrected chi connectivity index (χ4v) is 3.49. The van der Waals surface area contributed by atoms with Gasteiger partial charge in [-0.2, -0.15) is 0 Å². The van der Waals surface area contributed by atoms with Crippen molar-refractivity contribution in [2.45, 2.75) is 13.0 Å². The lowest BCUT2D eigenvalue weighted by Crippen LogP contribution is -2.28. The summed E-state index contributed by atoms with van der Waals surface area (Å²) in [5.74, 6) is 5.74.